The number of alkyl halides is 2. The predicted octanol–water partition coefficient (Wildman–Crippen LogP) is 2.46. The number of anilines is 1. The van der Waals surface area contributed by atoms with E-state index in [0.29, 0.717) is 36.1 Å². The van der Waals surface area contributed by atoms with Crippen molar-refractivity contribution >= 4 is 21.9 Å². The van der Waals surface area contributed by atoms with Crippen molar-refractivity contribution in [1.29, 1.82) is 0 Å². The Labute approximate surface area is 155 Å². The largest absolute Gasteiger partial charge is 0.381 e. The van der Waals surface area contributed by atoms with E-state index in [1.807, 2.05) is 0 Å². The Balaban J connectivity index is 1.89. The summed E-state index contributed by atoms with van der Waals surface area (Å²) in [4.78, 5) is 30.7. The molecule has 26 heavy (non-hydrogen) atoms. The molecular formula is C16H17BrF2N4O3. The fourth-order valence-electron chi connectivity index (χ4n) is 2.90. The Hall–Kier alpha value is -2.07. The van der Waals surface area contributed by atoms with Crippen LogP contribution in [0.4, 0.5) is 14.7 Å². The van der Waals surface area contributed by atoms with Gasteiger partial charge in [-0.3, -0.25) is 4.98 Å². The van der Waals surface area contributed by atoms with Crippen molar-refractivity contribution in [1.82, 2.24) is 14.5 Å². The standard InChI is InChI=1S/C16H17BrF2N4O3/c17-10-3-1-2-9(8-10)12(13(18)19)20-14-21-15(24)23(16(25)22-14)11-4-6-26-7-5-11/h1-3,8,11-13H,4-7H2,(H2,20,21,22,24,25)/t12-/m1/s1. The van der Waals surface area contributed by atoms with Crippen molar-refractivity contribution in [2.45, 2.75) is 31.4 Å². The van der Waals surface area contributed by atoms with E-state index >= 15 is 0 Å². The Morgan fingerprint density at radius 2 is 2.04 bits per heavy atom. The molecule has 1 atom stereocenters. The van der Waals surface area contributed by atoms with Crippen LogP contribution < -0.4 is 16.7 Å². The van der Waals surface area contributed by atoms with E-state index in [1.54, 1.807) is 12.1 Å². The van der Waals surface area contributed by atoms with Crippen LogP contribution in [0, 0.1) is 0 Å². The van der Waals surface area contributed by atoms with Gasteiger partial charge in [-0.05, 0) is 30.5 Å². The summed E-state index contributed by atoms with van der Waals surface area (Å²) in [6.45, 7) is 0.903. The molecule has 0 spiro atoms. The first kappa shape index (κ1) is 18.7. The van der Waals surface area contributed by atoms with Gasteiger partial charge in [-0.2, -0.15) is 4.98 Å². The molecule has 3 rings (SSSR count). The minimum Gasteiger partial charge on any atom is -0.381 e. The summed E-state index contributed by atoms with van der Waals surface area (Å²) >= 11 is 3.23. The minimum atomic E-state index is -2.77. The van der Waals surface area contributed by atoms with Gasteiger partial charge in [0.15, 0.2) is 0 Å². The number of aromatic nitrogens is 3. The zero-order valence-corrected chi connectivity index (χ0v) is 15.2. The van der Waals surface area contributed by atoms with E-state index in [1.165, 1.54) is 12.1 Å². The first-order valence-electron chi connectivity index (χ1n) is 8.06. The van der Waals surface area contributed by atoms with Gasteiger partial charge in [0.25, 0.3) is 6.43 Å². The molecule has 1 aromatic heterocycles. The predicted molar refractivity (Wildman–Crippen MR) is 94.7 cm³/mol. The van der Waals surface area contributed by atoms with Gasteiger partial charge in [0.1, 0.15) is 6.04 Å². The number of halogens is 3. The third kappa shape index (κ3) is 4.18. The van der Waals surface area contributed by atoms with Crippen LogP contribution >= 0.6 is 15.9 Å². The molecule has 2 heterocycles. The fraction of sp³-hybridized carbons (Fsp3) is 0.438. The Morgan fingerprint density at radius 3 is 2.65 bits per heavy atom. The molecule has 1 aromatic carbocycles. The summed E-state index contributed by atoms with van der Waals surface area (Å²) < 4.78 is 33.8. The van der Waals surface area contributed by atoms with Gasteiger partial charge in [0.05, 0.1) is 0 Å². The number of hydrogen-bond donors (Lipinski definition) is 2. The lowest BCUT2D eigenvalue weighted by Gasteiger charge is -2.23. The van der Waals surface area contributed by atoms with Gasteiger partial charge < -0.3 is 10.1 Å². The summed E-state index contributed by atoms with van der Waals surface area (Å²) in [6, 6.07) is 4.66. The minimum absolute atomic E-state index is 0.284. The van der Waals surface area contributed by atoms with Crippen molar-refractivity contribution < 1.29 is 13.5 Å². The lowest BCUT2D eigenvalue weighted by Crippen LogP contribution is -2.42. The molecule has 0 bridgehead atoms. The van der Waals surface area contributed by atoms with Crippen LogP contribution in [0.5, 0.6) is 0 Å². The smallest absolute Gasteiger partial charge is 0.355 e. The highest BCUT2D eigenvalue weighted by atomic mass is 79.9. The maximum atomic E-state index is 13.5. The number of hydrogen-bond acceptors (Lipinski definition) is 5. The van der Waals surface area contributed by atoms with Crippen molar-refractivity contribution in [2.75, 3.05) is 18.5 Å². The topological polar surface area (TPSA) is 89.0 Å². The molecule has 10 heteroatoms. The molecule has 1 aliphatic rings. The maximum absolute atomic E-state index is 13.5. The van der Waals surface area contributed by atoms with E-state index in [-0.39, 0.29) is 12.0 Å². The number of ether oxygens (including phenoxy) is 1. The third-order valence-corrected chi connectivity index (χ3v) is 4.66. The number of nitrogens with zero attached hydrogens (tertiary/aromatic N) is 2. The number of nitrogens with one attached hydrogen (secondary N) is 2. The van der Waals surface area contributed by atoms with Crippen molar-refractivity contribution in [3.05, 3.63) is 55.3 Å². The summed E-state index contributed by atoms with van der Waals surface area (Å²) in [6.07, 6.45) is -1.72. The lowest BCUT2D eigenvalue weighted by molar-refractivity contribution is 0.0670. The van der Waals surface area contributed by atoms with Gasteiger partial charge in [0, 0.05) is 23.7 Å². The van der Waals surface area contributed by atoms with Crippen LogP contribution in [0.1, 0.15) is 30.5 Å². The molecule has 1 fully saturated rings. The second-order valence-electron chi connectivity index (χ2n) is 5.90. The van der Waals surface area contributed by atoms with Gasteiger partial charge >= 0.3 is 11.4 Å². The van der Waals surface area contributed by atoms with Crippen LogP contribution in [0.25, 0.3) is 0 Å². The molecule has 2 aromatic rings. The second kappa shape index (κ2) is 8.09. The highest BCUT2D eigenvalue weighted by Crippen LogP contribution is 2.26. The zero-order valence-electron chi connectivity index (χ0n) is 13.6. The van der Waals surface area contributed by atoms with Crippen LogP contribution in [-0.4, -0.2) is 34.2 Å². The monoisotopic (exact) mass is 430 g/mol. The van der Waals surface area contributed by atoms with Crippen LogP contribution in [0.15, 0.2) is 38.3 Å². The van der Waals surface area contributed by atoms with Crippen LogP contribution in [0.3, 0.4) is 0 Å². The summed E-state index contributed by atoms with van der Waals surface area (Å²) in [7, 11) is 0. The number of aromatic amines is 1. The second-order valence-corrected chi connectivity index (χ2v) is 6.81. The Morgan fingerprint density at radius 1 is 1.31 bits per heavy atom. The van der Waals surface area contributed by atoms with Gasteiger partial charge in [-0.1, -0.05) is 28.1 Å². The average molecular weight is 431 g/mol. The maximum Gasteiger partial charge on any atom is 0.355 e. The molecule has 0 unspecified atom stereocenters. The average Bonchev–Trinajstić information content (AvgIpc) is 2.60. The molecule has 2 N–H and O–H groups in total. The Kier molecular flexibility index (Phi) is 5.82. The van der Waals surface area contributed by atoms with E-state index in [0.717, 1.165) is 4.57 Å². The van der Waals surface area contributed by atoms with Gasteiger partial charge in [-0.25, -0.2) is 22.9 Å². The molecule has 140 valence electrons. The molecule has 0 saturated carbocycles. The van der Waals surface area contributed by atoms with Crippen LogP contribution in [-0.2, 0) is 4.74 Å². The van der Waals surface area contributed by atoms with Crippen LogP contribution in [0.2, 0.25) is 0 Å². The molecule has 7 nitrogen and oxygen atoms in total. The lowest BCUT2D eigenvalue weighted by atomic mass is 10.1. The van der Waals surface area contributed by atoms with Gasteiger partial charge in [-0.15, -0.1) is 0 Å². The van der Waals surface area contributed by atoms with E-state index < -0.39 is 23.8 Å². The van der Waals surface area contributed by atoms with Gasteiger partial charge in [0.2, 0.25) is 5.95 Å². The molecule has 0 amide bonds. The summed E-state index contributed by atoms with van der Waals surface area (Å²) in [5.41, 5.74) is -1.15. The SMILES string of the molecule is O=c1nc(N[C@H](c2cccc(Br)c2)C(F)F)[nH]c(=O)n1C1CCOCC1. The first-order chi connectivity index (χ1) is 12.5. The first-order valence-corrected chi connectivity index (χ1v) is 8.86. The molecule has 1 saturated heterocycles. The quantitative estimate of drug-likeness (QED) is 0.760. The highest BCUT2D eigenvalue weighted by Gasteiger charge is 2.25. The molecular weight excluding hydrogens is 414 g/mol. The summed E-state index contributed by atoms with van der Waals surface area (Å²) in [5.74, 6) is -0.284. The number of benzene rings is 1. The van der Waals surface area contributed by atoms with Crippen molar-refractivity contribution in [2.24, 2.45) is 0 Å². The van der Waals surface area contributed by atoms with Crippen molar-refractivity contribution in [3.63, 3.8) is 0 Å². The van der Waals surface area contributed by atoms with E-state index in [4.69, 9.17) is 4.74 Å². The normalized spacial score (nSPS) is 16.6. The molecule has 1 aliphatic heterocycles. The molecule has 0 aliphatic carbocycles. The van der Waals surface area contributed by atoms with E-state index in [2.05, 4.69) is 31.2 Å². The Bertz CT molecular complexity index is 849. The van der Waals surface area contributed by atoms with Crippen molar-refractivity contribution in [3.8, 4) is 0 Å². The number of rotatable bonds is 5. The fourth-order valence-corrected chi connectivity index (χ4v) is 3.32. The highest BCUT2D eigenvalue weighted by molar-refractivity contribution is 9.10. The summed E-state index contributed by atoms with van der Waals surface area (Å²) in [5, 5.41) is 2.46. The van der Waals surface area contributed by atoms with E-state index in [9.17, 15) is 18.4 Å². The zero-order chi connectivity index (χ0) is 18.7. The number of H-pyrrole nitrogens is 1. The third-order valence-electron chi connectivity index (χ3n) is 4.17. The molecule has 0 radical (unpaired) electrons.